The van der Waals surface area contributed by atoms with E-state index in [1.54, 1.807) is 0 Å². The zero-order valence-electron chi connectivity index (χ0n) is 15.5. The van der Waals surface area contributed by atoms with Gasteiger partial charge in [-0.1, -0.05) is 37.3 Å². The van der Waals surface area contributed by atoms with Crippen molar-refractivity contribution in [3.63, 3.8) is 0 Å². The molecule has 4 nitrogen and oxygen atoms in total. The molecule has 0 radical (unpaired) electrons. The number of benzene rings is 1. The fraction of sp³-hybridized carbons (Fsp3) is 0.667. The molecule has 2 fully saturated rings. The fourth-order valence-electron chi connectivity index (χ4n) is 4.39. The molecule has 2 aliphatic rings. The SMILES string of the molecule is CC[C@@]1(CO)CCCN(C(=O)CN2CCC(c3ccccc3)CC2)C1. The molecular weight excluding hydrogens is 312 g/mol. The molecule has 1 aromatic rings. The maximum Gasteiger partial charge on any atom is 0.236 e. The van der Waals surface area contributed by atoms with Gasteiger partial charge in [0.1, 0.15) is 0 Å². The Kier molecular flexibility index (Phi) is 6.13. The molecule has 0 aliphatic carbocycles. The van der Waals surface area contributed by atoms with E-state index in [4.69, 9.17) is 0 Å². The Bertz CT molecular complexity index is 548. The van der Waals surface area contributed by atoms with Gasteiger partial charge < -0.3 is 10.0 Å². The maximum absolute atomic E-state index is 12.7. The average molecular weight is 344 g/mol. The molecule has 2 aliphatic heterocycles. The molecule has 138 valence electrons. The lowest BCUT2D eigenvalue weighted by molar-refractivity contribution is -0.137. The third kappa shape index (κ3) is 4.42. The zero-order valence-corrected chi connectivity index (χ0v) is 15.5. The Morgan fingerprint density at radius 3 is 2.56 bits per heavy atom. The summed E-state index contributed by atoms with van der Waals surface area (Å²) < 4.78 is 0. The van der Waals surface area contributed by atoms with E-state index in [1.807, 2.05) is 4.90 Å². The summed E-state index contributed by atoms with van der Waals surface area (Å²) in [6.07, 6.45) is 5.25. The third-order valence-electron chi connectivity index (χ3n) is 6.32. The second-order valence-electron chi connectivity index (χ2n) is 7.89. The van der Waals surface area contributed by atoms with E-state index in [1.165, 1.54) is 5.56 Å². The minimum Gasteiger partial charge on any atom is -0.396 e. The number of hydrogen-bond donors (Lipinski definition) is 1. The van der Waals surface area contributed by atoms with Crippen LogP contribution in [-0.2, 0) is 4.79 Å². The first-order valence-electron chi connectivity index (χ1n) is 9.82. The van der Waals surface area contributed by atoms with E-state index in [2.05, 4.69) is 42.2 Å². The van der Waals surface area contributed by atoms with Gasteiger partial charge in [-0.25, -0.2) is 0 Å². The van der Waals surface area contributed by atoms with Gasteiger partial charge in [0, 0.05) is 18.5 Å². The summed E-state index contributed by atoms with van der Waals surface area (Å²) in [5, 5.41) is 9.75. The lowest BCUT2D eigenvalue weighted by Gasteiger charge is -2.42. The Hall–Kier alpha value is -1.39. The number of aliphatic hydroxyl groups is 1. The maximum atomic E-state index is 12.7. The second-order valence-corrected chi connectivity index (χ2v) is 7.89. The molecule has 4 heteroatoms. The van der Waals surface area contributed by atoms with Gasteiger partial charge in [0.15, 0.2) is 0 Å². The van der Waals surface area contributed by atoms with Crippen LogP contribution in [0.1, 0.15) is 50.5 Å². The van der Waals surface area contributed by atoms with E-state index < -0.39 is 0 Å². The van der Waals surface area contributed by atoms with E-state index in [0.29, 0.717) is 12.5 Å². The van der Waals surface area contributed by atoms with Crippen molar-refractivity contribution in [3.05, 3.63) is 35.9 Å². The molecule has 1 atom stereocenters. The summed E-state index contributed by atoms with van der Waals surface area (Å²) >= 11 is 0. The average Bonchev–Trinajstić information content (AvgIpc) is 2.69. The van der Waals surface area contributed by atoms with Gasteiger partial charge >= 0.3 is 0 Å². The van der Waals surface area contributed by atoms with Crippen molar-refractivity contribution in [1.82, 2.24) is 9.80 Å². The summed E-state index contributed by atoms with van der Waals surface area (Å²) in [5.74, 6) is 0.869. The number of hydrogen-bond acceptors (Lipinski definition) is 3. The van der Waals surface area contributed by atoms with Crippen LogP contribution in [0.4, 0.5) is 0 Å². The van der Waals surface area contributed by atoms with Crippen LogP contribution in [0.5, 0.6) is 0 Å². The van der Waals surface area contributed by atoms with Gasteiger partial charge in [0.2, 0.25) is 5.91 Å². The highest BCUT2D eigenvalue weighted by atomic mass is 16.3. The summed E-state index contributed by atoms with van der Waals surface area (Å²) in [6.45, 7) is 6.41. The Morgan fingerprint density at radius 1 is 1.20 bits per heavy atom. The van der Waals surface area contributed by atoms with Crippen molar-refractivity contribution in [2.24, 2.45) is 5.41 Å². The van der Waals surface area contributed by atoms with Crippen molar-refractivity contribution in [1.29, 1.82) is 0 Å². The van der Waals surface area contributed by atoms with E-state index in [9.17, 15) is 9.90 Å². The number of nitrogens with zero attached hydrogens (tertiary/aromatic N) is 2. The normalized spacial score (nSPS) is 25.9. The Balaban J connectivity index is 1.49. The van der Waals surface area contributed by atoms with Crippen molar-refractivity contribution < 1.29 is 9.90 Å². The monoisotopic (exact) mass is 344 g/mol. The topological polar surface area (TPSA) is 43.8 Å². The lowest BCUT2D eigenvalue weighted by atomic mass is 9.78. The highest BCUT2D eigenvalue weighted by molar-refractivity contribution is 5.78. The van der Waals surface area contributed by atoms with Crippen molar-refractivity contribution in [3.8, 4) is 0 Å². The number of rotatable bonds is 5. The van der Waals surface area contributed by atoms with Crippen LogP contribution in [0.15, 0.2) is 30.3 Å². The fourth-order valence-corrected chi connectivity index (χ4v) is 4.39. The predicted octanol–water partition coefficient (Wildman–Crippen LogP) is 2.88. The van der Waals surface area contributed by atoms with Crippen LogP contribution in [0.2, 0.25) is 0 Å². The van der Waals surface area contributed by atoms with Crippen molar-refractivity contribution >= 4 is 5.91 Å². The van der Waals surface area contributed by atoms with Gasteiger partial charge in [0.25, 0.3) is 0 Å². The molecule has 0 unspecified atom stereocenters. The highest BCUT2D eigenvalue weighted by Crippen LogP contribution is 2.33. The molecular formula is C21H32N2O2. The molecule has 0 spiro atoms. The zero-order chi connectivity index (χ0) is 17.7. The minimum absolute atomic E-state index is 0.0752. The summed E-state index contributed by atoms with van der Waals surface area (Å²) in [7, 11) is 0. The third-order valence-corrected chi connectivity index (χ3v) is 6.32. The smallest absolute Gasteiger partial charge is 0.236 e. The van der Waals surface area contributed by atoms with Gasteiger partial charge in [-0.3, -0.25) is 9.69 Å². The van der Waals surface area contributed by atoms with E-state index in [0.717, 1.165) is 58.3 Å². The highest BCUT2D eigenvalue weighted by Gasteiger charge is 2.35. The summed E-state index contributed by atoms with van der Waals surface area (Å²) in [6, 6.07) is 10.7. The van der Waals surface area contributed by atoms with E-state index in [-0.39, 0.29) is 17.9 Å². The van der Waals surface area contributed by atoms with Gasteiger partial charge in [-0.2, -0.15) is 0 Å². The first kappa shape index (κ1) is 18.4. The molecule has 0 bridgehead atoms. The molecule has 1 N–H and O–H groups in total. The largest absolute Gasteiger partial charge is 0.396 e. The molecule has 0 aromatic heterocycles. The van der Waals surface area contributed by atoms with Gasteiger partial charge in [0.05, 0.1) is 13.2 Å². The minimum atomic E-state index is -0.0752. The lowest BCUT2D eigenvalue weighted by Crippen LogP contribution is -2.51. The standard InChI is InChI=1S/C21H32N2O2/c1-2-21(17-24)11-6-12-23(16-21)20(25)15-22-13-9-19(10-14-22)18-7-4-3-5-8-18/h3-5,7-8,19,24H,2,6,9-17H2,1H3/t21-/m1/s1. The summed E-state index contributed by atoms with van der Waals surface area (Å²) in [4.78, 5) is 17.0. The van der Waals surface area contributed by atoms with Crippen LogP contribution >= 0.6 is 0 Å². The number of likely N-dealkylation sites (tertiary alicyclic amines) is 2. The Labute approximate surface area is 151 Å². The van der Waals surface area contributed by atoms with Crippen molar-refractivity contribution in [2.75, 3.05) is 39.3 Å². The molecule has 2 heterocycles. The van der Waals surface area contributed by atoms with Crippen molar-refractivity contribution in [2.45, 2.75) is 44.9 Å². The number of piperidine rings is 2. The second kappa shape index (κ2) is 8.33. The molecule has 0 saturated carbocycles. The predicted molar refractivity (Wildman–Crippen MR) is 100 cm³/mol. The Morgan fingerprint density at radius 2 is 1.92 bits per heavy atom. The molecule has 3 rings (SSSR count). The molecule has 2 saturated heterocycles. The van der Waals surface area contributed by atoms with E-state index >= 15 is 0 Å². The van der Waals surface area contributed by atoms with Crippen LogP contribution in [-0.4, -0.2) is 60.1 Å². The number of amides is 1. The molecule has 1 amide bonds. The molecule has 1 aromatic carbocycles. The van der Waals surface area contributed by atoms with Gasteiger partial charge in [-0.05, 0) is 56.7 Å². The number of carbonyl (C=O) groups is 1. The summed E-state index contributed by atoms with van der Waals surface area (Å²) in [5.41, 5.74) is 1.36. The van der Waals surface area contributed by atoms with Crippen LogP contribution in [0.3, 0.4) is 0 Å². The number of aliphatic hydroxyl groups excluding tert-OH is 1. The van der Waals surface area contributed by atoms with Crippen LogP contribution in [0, 0.1) is 5.41 Å². The van der Waals surface area contributed by atoms with Crippen LogP contribution < -0.4 is 0 Å². The first-order valence-corrected chi connectivity index (χ1v) is 9.82. The first-order chi connectivity index (χ1) is 12.2. The van der Waals surface area contributed by atoms with Crippen LogP contribution in [0.25, 0.3) is 0 Å². The number of carbonyl (C=O) groups excluding carboxylic acids is 1. The van der Waals surface area contributed by atoms with Gasteiger partial charge in [-0.15, -0.1) is 0 Å². The molecule has 25 heavy (non-hydrogen) atoms. The quantitative estimate of drug-likeness (QED) is 0.893.